The quantitative estimate of drug-likeness (QED) is 0.815. The number of pyridine rings is 1. The van der Waals surface area contributed by atoms with Crippen LogP contribution in [-0.4, -0.2) is 10.9 Å². The van der Waals surface area contributed by atoms with Crippen LogP contribution in [0.25, 0.3) is 0 Å². The first-order valence-corrected chi connectivity index (χ1v) is 5.78. The van der Waals surface area contributed by atoms with Crippen LogP contribution < -0.4 is 11.1 Å². The van der Waals surface area contributed by atoms with Crippen molar-refractivity contribution >= 4 is 17.3 Å². The van der Waals surface area contributed by atoms with Gasteiger partial charge in [-0.1, -0.05) is 0 Å². The molecule has 0 saturated carbocycles. The zero-order valence-corrected chi connectivity index (χ0v) is 10.7. The van der Waals surface area contributed by atoms with Gasteiger partial charge >= 0.3 is 0 Å². The number of carbonyl (C=O) groups is 1. The largest absolute Gasteiger partial charge is 0.396 e. The number of hydrogen-bond acceptors (Lipinski definition) is 3. The van der Waals surface area contributed by atoms with Gasteiger partial charge in [-0.05, 0) is 44.2 Å². The molecule has 1 heterocycles. The van der Waals surface area contributed by atoms with Crippen molar-refractivity contribution in [3.8, 4) is 0 Å². The standard InChI is InChI=1S/C14H14FN3O/c1-8-3-5-11(9(2)17-8)14(19)18-10-4-6-12(15)13(16)7-10/h3-7H,16H2,1-2H3,(H,18,19). The molecule has 0 aliphatic carbocycles. The number of nitrogens with zero attached hydrogens (tertiary/aromatic N) is 1. The van der Waals surface area contributed by atoms with Gasteiger partial charge < -0.3 is 11.1 Å². The van der Waals surface area contributed by atoms with Crippen LogP contribution in [0.1, 0.15) is 21.7 Å². The Hall–Kier alpha value is -2.43. The van der Waals surface area contributed by atoms with Crippen LogP contribution in [0.3, 0.4) is 0 Å². The average Bonchev–Trinajstić information content (AvgIpc) is 2.33. The minimum atomic E-state index is -0.508. The first kappa shape index (κ1) is 13.0. The van der Waals surface area contributed by atoms with Crippen molar-refractivity contribution in [2.24, 2.45) is 0 Å². The minimum Gasteiger partial charge on any atom is -0.396 e. The van der Waals surface area contributed by atoms with E-state index in [1.807, 2.05) is 6.92 Å². The van der Waals surface area contributed by atoms with Crippen molar-refractivity contribution in [2.45, 2.75) is 13.8 Å². The number of rotatable bonds is 2. The summed E-state index contributed by atoms with van der Waals surface area (Å²) in [7, 11) is 0. The number of amides is 1. The fraction of sp³-hybridized carbons (Fsp3) is 0.143. The van der Waals surface area contributed by atoms with Crippen LogP contribution >= 0.6 is 0 Å². The SMILES string of the molecule is Cc1ccc(C(=O)Nc2ccc(F)c(N)c2)c(C)n1. The van der Waals surface area contributed by atoms with E-state index in [4.69, 9.17) is 5.73 Å². The lowest BCUT2D eigenvalue weighted by molar-refractivity contribution is 0.102. The Labute approximate surface area is 110 Å². The minimum absolute atomic E-state index is 0.00319. The van der Waals surface area contributed by atoms with Crippen molar-refractivity contribution in [1.29, 1.82) is 0 Å². The second-order valence-corrected chi connectivity index (χ2v) is 4.28. The molecule has 0 bridgehead atoms. The van der Waals surface area contributed by atoms with Gasteiger partial charge in [0, 0.05) is 11.4 Å². The number of hydrogen-bond donors (Lipinski definition) is 2. The van der Waals surface area contributed by atoms with E-state index in [1.165, 1.54) is 18.2 Å². The third kappa shape index (κ3) is 2.88. The second-order valence-electron chi connectivity index (χ2n) is 4.28. The Morgan fingerprint density at radius 1 is 1.26 bits per heavy atom. The van der Waals surface area contributed by atoms with Crippen LogP contribution in [0, 0.1) is 19.7 Å². The monoisotopic (exact) mass is 259 g/mol. The van der Waals surface area contributed by atoms with Crippen molar-refractivity contribution in [3.05, 3.63) is 53.1 Å². The molecule has 0 aliphatic heterocycles. The Kier molecular flexibility index (Phi) is 3.46. The predicted molar refractivity (Wildman–Crippen MR) is 72.5 cm³/mol. The summed E-state index contributed by atoms with van der Waals surface area (Å²) < 4.78 is 13.0. The highest BCUT2D eigenvalue weighted by Crippen LogP contribution is 2.17. The Morgan fingerprint density at radius 3 is 2.63 bits per heavy atom. The number of carbonyl (C=O) groups excluding carboxylic acids is 1. The molecule has 0 unspecified atom stereocenters. The lowest BCUT2D eigenvalue weighted by Crippen LogP contribution is -2.14. The molecule has 1 amide bonds. The molecule has 19 heavy (non-hydrogen) atoms. The Bertz CT molecular complexity index is 641. The molecule has 1 aromatic carbocycles. The molecule has 0 radical (unpaired) electrons. The van der Waals surface area contributed by atoms with E-state index in [2.05, 4.69) is 10.3 Å². The van der Waals surface area contributed by atoms with Gasteiger partial charge in [0.15, 0.2) is 0 Å². The first-order chi connectivity index (χ1) is 8.97. The molecule has 5 heteroatoms. The first-order valence-electron chi connectivity index (χ1n) is 5.78. The van der Waals surface area contributed by atoms with Crippen molar-refractivity contribution in [1.82, 2.24) is 4.98 Å². The van der Waals surface area contributed by atoms with Gasteiger partial charge in [-0.2, -0.15) is 0 Å². The maximum Gasteiger partial charge on any atom is 0.257 e. The lowest BCUT2D eigenvalue weighted by Gasteiger charge is -2.08. The molecule has 2 rings (SSSR count). The maximum absolute atomic E-state index is 13.0. The number of aromatic nitrogens is 1. The lowest BCUT2D eigenvalue weighted by atomic mass is 10.1. The normalized spacial score (nSPS) is 10.3. The summed E-state index contributed by atoms with van der Waals surface area (Å²) in [6.07, 6.45) is 0. The van der Waals surface area contributed by atoms with Gasteiger partial charge in [-0.25, -0.2) is 4.39 Å². The van der Waals surface area contributed by atoms with Gasteiger partial charge in [0.25, 0.3) is 5.91 Å². The summed E-state index contributed by atoms with van der Waals surface area (Å²) >= 11 is 0. The molecule has 4 nitrogen and oxygen atoms in total. The maximum atomic E-state index is 13.0. The third-order valence-corrected chi connectivity index (χ3v) is 2.72. The molecular formula is C14H14FN3O. The van der Waals surface area contributed by atoms with E-state index in [-0.39, 0.29) is 11.6 Å². The van der Waals surface area contributed by atoms with E-state index in [0.717, 1.165) is 5.69 Å². The summed E-state index contributed by atoms with van der Waals surface area (Å²) in [4.78, 5) is 16.3. The molecule has 1 aromatic heterocycles. The summed E-state index contributed by atoms with van der Waals surface area (Å²) in [6.45, 7) is 3.62. The topological polar surface area (TPSA) is 68.0 Å². The molecule has 0 spiro atoms. The highest BCUT2D eigenvalue weighted by atomic mass is 19.1. The summed E-state index contributed by atoms with van der Waals surface area (Å²) in [5, 5.41) is 2.66. The number of nitrogen functional groups attached to an aromatic ring is 1. The van der Waals surface area contributed by atoms with Crippen LogP contribution in [0.2, 0.25) is 0 Å². The molecule has 0 atom stereocenters. The summed E-state index contributed by atoms with van der Waals surface area (Å²) in [6, 6.07) is 7.52. The van der Waals surface area contributed by atoms with E-state index < -0.39 is 5.82 Å². The molecule has 0 saturated heterocycles. The number of nitrogens with two attached hydrogens (primary N) is 1. The Morgan fingerprint density at radius 2 is 2.00 bits per heavy atom. The van der Waals surface area contributed by atoms with Crippen LogP contribution in [-0.2, 0) is 0 Å². The number of nitrogens with one attached hydrogen (secondary N) is 1. The fourth-order valence-corrected chi connectivity index (χ4v) is 1.75. The number of aryl methyl sites for hydroxylation is 2. The van der Waals surface area contributed by atoms with Crippen molar-refractivity contribution in [2.75, 3.05) is 11.1 Å². The number of anilines is 2. The molecule has 2 aromatic rings. The van der Waals surface area contributed by atoms with E-state index in [0.29, 0.717) is 16.9 Å². The van der Waals surface area contributed by atoms with Crippen LogP contribution in [0.4, 0.5) is 15.8 Å². The van der Waals surface area contributed by atoms with Gasteiger partial charge in [0.05, 0.1) is 16.9 Å². The molecule has 3 N–H and O–H groups in total. The average molecular weight is 259 g/mol. The Balaban J connectivity index is 2.23. The molecular weight excluding hydrogens is 245 g/mol. The summed E-state index contributed by atoms with van der Waals surface area (Å²) in [5.41, 5.74) is 7.86. The van der Waals surface area contributed by atoms with E-state index in [1.54, 1.807) is 19.1 Å². The summed E-state index contributed by atoms with van der Waals surface area (Å²) in [5.74, 6) is -0.804. The smallest absolute Gasteiger partial charge is 0.257 e. The van der Waals surface area contributed by atoms with Crippen LogP contribution in [0.5, 0.6) is 0 Å². The zero-order valence-electron chi connectivity index (χ0n) is 10.7. The molecule has 98 valence electrons. The fourth-order valence-electron chi connectivity index (χ4n) is 1.75. The second kappa shape index (κ2) is 5.06. The van der Waals surface area contributed by atoms with Gasteiger partial charge in [0.1, 0.15) is 5.82 Å². The third-order valence-electron chi connectivity index (χ3n) is 2.72. The van der Waals surface area contributed by atoms with E-state index >= 15 is 0 Å². The molecule has 0 aliphatic rings. The van der Waals surface area contributed by atoms with Crippen LogP contribution in [0.15, 0.2) is 30.3 Å². The van der Waals surface area contributed by atoms with Gasteiger partial charge in [-0.3, -0.25) is 9.78 Å². The van der Waals surface area contributed by atoms with E-state index in [9.17, 15) is 9.18 Å². The van der Waals surface area contributed by atoms with Gasteiger partial charge in [0.2, 0.25) is 0 Å². The van der Waals surface area contributed by atoms with Crippen molar-refractivity contribution in [3.63, 3.8) is 0 Å². The van der Waals surface area contributed by atoms with Crippen molar-refractivity contribution < 1.29 is 9.18 Å². The highest BCUT2D eigenvalue weighted by molar-refractivity contribution is 6.05. The number of benzene rings is 1. The number of halogens is 1. The zero-order chi connectivity index (χ0) is 14.0. The predicted octanol–water partition coefficient (Wildman–Crippen LogP) is 2.67. The highest BCUT2D eigenvalue weighted by Gasteiger charge is 2.11. The van der Waals surface area contributed by atoms with Gasteiger partial charge in [-0.15, -0.1) is 0 Å². The molecule has 0 fully saturated rings.